The largest absolute Gasteiger partial charge is 0.464 e. The monoisotopic (exact) mass is 1470 g/mol. The summed E-state index contributed by atoms with van der Waals surface area (Å²) in [6.07, 6.45) is 0. The molecule has 14 aromatic rings. The van der Waals surface area contributed by atoms with Crippen LogP contribution < -0.4 is 36.4 Å². The summed E-state index contributed by atoms with van der Waals surface area (Å²) in [5.41, 5.74) is 24.4. The number of urea groups is 3. The molecule has 0 aliphatic rings. The highest BCUT2D eigenvalue weighted by molar-refractivity contribution is 6.15. The molecule has 0 atom stereocenters. The van der Waals surface area contributed by atoms with E-state index in [1.54, 1.807) is 39.0 Å². The van der Waals surface area contributed by atoms with E-state index in [4.69, 9.17) is 10.5 Å². The molecule has 20 heteroatoms. The van der Waals surface area contributed by atoms with Crippen LogP contribution in [0.5, 0.6) is 0 Å². The van der Waals surface area contributed by atoms with Gasteiger partial charge in [-0.05, 0) is 221 Å². The third-order valence-corrected chi connectivity index (χ3v) is 18.0. The number of Topliss-reactive ketones (excluding diaryl/α,β-unsaturated/α-hetero) is 2. The van der Waals surface area contributed by atoms with E-state index in [0.717, 1.165) is 106 Å². The van der Waals surface area contributed by atoms with E-state index >= 15 is 0 Å². The zero-order chi connectivity index (χ0) is 79.2. The Morgan fingerprint density at radius 3 is 0.757 bits per heavy atom. The van der Waals surface area contributed by atoms with Crippen LogP contribution in [0.2, 0.25) is 0 Å². The number of carbonyl (C=O) groups excluding carboxylic acids is 7. The Bertz CT molecular complexity index is 5520. The molecular weight excluding hydrogens is 1390 g/mol. The van der Waals surface area contributed by atoms with Crippen LogP contribution in [0, 0.1) is 55.4 Å². The van der Waals surface area contributed by atoms with Crippen LogP contribution >= 0.6 is 0 Å². The predicted octanol–water partition coefficient (Wildman–Crippen LogP) is 21.1. The Morgan fingerprint density at radius 2 is 0.514 bits per heavy atom. The van der Waals surface area contributed by atoms with E-state index in [9.17, 15) is 33.6 Å². The van der Waals surface area contributed by atoms with Crippen molar-refractivity contribution in [1.29, 1.82) is 0 Å². The number of aryl methyl sites for hydroxylation is 8. The van der Waals surface area contributed by atoms with E-state index < -0.39 is 11.9 Å². The van der Waals surface area contributed by atoms with Gasteiger partial charge in [-0.2, -0.15) is 0 Å². The van der Waals surface area contributed by atoms with Gasteiger partial charge in [0.15, 0.2) is 23.0 Å². The molecule has 0 spiro atoms. The van der Waals surface area contributed by atoms with Crippen molar-refractivity contribution in [3.8, 4) is 0 Å². The number of hydrogen-bond donors (Lipinski definition) is 4. The van der Waals surface area contributed by atoms with Crippen molar-refractivity contribution in [2.45, 2.75) is 69.2 Å². The molecule has 10 aromatic carbocycles. The molecule has 111 heavy (non-hydrogen) atoms. The fourth-order valence-electron chi connectivity index (χ4n) is 13.3. The van der Waals surface area contributed by atoms with Gasteiger partial charge in [0.05, 0.1) is 87.5 Å². The highest BCUT2D eigenvalue weighted by atomic mass is 16.5. The first-order valence-corrected chi connectivity index (χ1v) is 35.6. The van der Waals surface area contributed by atoms with Gasteiger partial charge < -0.3 is 31.2 Å². The number of nitrogens with one attached hydrogen (secondary N) is 3. The third kappa shape index (κ3) is 18.4. The average Bonchev–Trinajstić information content (AvgIpc) is 0.757. The van der Waals surface area contributed by atoms with Crippen LogP contribution in [0.25, 0.3) is 43.6 Å². The molecule has 0 unspecified atom stereocenters. The maximum atomic E-state index is 13.6. The SMILES string of the molecule is CC(=O)c1cc(NC(=O)N(c2ccccc2)c2ccccc2)c2c(C)cc(C)cc2n1.CC(=O)c1cc(NC(=O)N(c2ccccc2)c2ccccc2)c2c(C)cc(C)cc2n1.COC(=O)c1cc(N)c2c(C)cc(C)cc2n1.COC(=O)c1cc(NC(=O)N(c2ccccc2)c2ccccc2)c2c(C)cc(C)cc2n1. The van der Waals surface area contributed by atoms with Gasteiger partial charge in [-0.15, -0.1) is 0 Å². The van der Waals surface area contributed by atoms with E-state index in [0.29, 0.717) is 50.7 Å². The topological polar surface area (TPSA) is 261 Å². The molecular formula is C91H83N11O9. The summed E-state index contributed by atoms with van der Waals surface area (Å²) in [5.74, 6) is -1.35. The Hall–Kier alpha value is -14.3. The summed E-state index contributed by atoms with van der Waals surface area (Å²) in [6, 6.07) is 77.8. The number of para-hydroxylation sites is 6. The van der Waals surface area contributed by atoms with Gasteiger partial charge in [-0.1, -0.05) is 133 Å². The van der Waals surface area contributed by atoms with E-state index in [-0.39, 0.29) is 41.0 Å². The summed E-state index contributed by atoms with van der Waals surface area (Å²) in [5, 5.41) is 12.4. The highest BCUT2D eigenvalue weighted by Gasteiger charge is 2.26. The van der Waals surface area contributed by atoms with Crippen LogP contribution in [-0.2, 0) is 9.47 Å². The fourth-order valence-corrected chi connectivity index (χ4v) is 13.3. The number of amides is 6. The summed E-state index contributed by atoms with van der Waals surface area (Å²) in [7, 11) is 2.63. The molecule has 4 heterocycles. The highest BCUT2D eigenvalue weighted by Crippen LogP contribution is 2.36. The molecule has 556 valence electrons. The summed E-state index contributed by atoms with van der Waals surface area (Å²) >= 11 is 0. The minimum absolute atomic E-state index is 0.131. The van der Waals surface area contributed by atoms with Crippen molar-refractivity contribution in [1.82, 2.24) is 19.9 Å². The standard InChI is InChI=1S/C26H23N3O3.2C26H23N3O2.C13H14N2O2/c1-17-14-18(2)24-21(15-17)27-23(25(30)32-3)16-22(24)28-26(31)29(19-10-6-4-7-11-19)20-12-8-5-9-13-20;2*1-17-14-18(2)25-23(15-17)27-22(19(3)30)16-24(25)28-26(31)29(20-10-6-4-7-11-20)21-12-8-5-9-13-21;1-7-4-8(2)12-9(14)6-11(13(16)17-3)15-10(12)5-7/h4-16H,1-3H3,(H,27,28,31);2*4-16H,1-3H3,(H,27,28,31);4-6H,1-3H3,(H2,14,15). The number of benzene rings is 10. The van der Waals surface area contributed by atoms with Crippen LogP contribution in [0.3, 0.4) is 0 Å². The van der Waals surface area contributed by atoms with Gasteiger partial charge in [0.25, 0.3) is 0 Å². The first kappa shape index (κ1) is 77.8. The molecule has 5 N–H and O–H groups in total. The van der Waals surface area contributed by atoms with Gasteiger partial charge in [0.1, 0.15) is 11.4 Å². The van der Waals surface area contributed by atoms with Gasteiger partial charge in [0, 0.05) is 41.1 Å². The molecule has 0 aliphatic carbocycles. The van der Waals surface area contributed by atoms with E-state index in [2.05, 4.69) is 40.6 Å². The maximum absolute atomic E-state index is 13.6. The van der Waals surface area contributed by atoms with Gasteiger partial charge in [0.2, 0.25) is 0 Å². The second-order valence-corrected chi connectivity index (χ2v) is 26.6. The first-order valence-electron chi connectivity index (χ1n) is 35.6. The van der Waals surface area contributed by atoms with Crippen molar-refractivity contribution in [2.75, 3.05) is 50.6 Å². The van der Waals surface area contributed by atoms with Gasteiger partial charge in [-0.25, -0.2) is 43.9 Å². The first-order chi connectivity index (χ1) is 53.4. The Labute approximate surface area is 643 Å². The number of nitrogens with zero attached hydrogens (tertiary/aromatic N) is 7. The number of aromatic nitrogens is 4. The molecule has 6 amide bonds. The molecule has 0 radical (unpaired) electrons. The number of nitrogen functional groups attached to an aromatic ring is 1. The van der Waals surface area contributed by atoms with Crippen molar-refractivity contribution in [2.24, 2.45) is 0 Å². The number of rotatable bonds is 13. The fraction of sp³-hybridized carbons (Fsp3) is 0.132. The lowest BCUT2D eigenvalue weighted by Crippen LogP contribution is -2.31. The van der Waals surface area contributed by atoms with Gasteiger partial charge in [-0.3, -0.25) is 24.3 Å². The van der Waals surface area contributed by atoms with Crippen molar-refractivity contribution >= 4 is 142 Å². The molecule has 0 aliphatic heterocycles. The number of pyridine rings is 4. The zero-order valence-electron chi connectivity index (χ0n) is 63.6. The van der Waals surface area contributed by atoms with E-state index in [1.807, 2.05) is 286 Å². The maximum Gasteiger partial charge on any atom is 0.356 e. The van der Waals surface area contributed by atoms with Crippen molar-refractivity contribution < 1.29 is 43.0 Å². The lowest BCUT2D eigenvalue weighted by Gasteiger charge is -2.24. The lowest BCUT2D eigenvalue weighted by atomic mass is 10.0. The summed E-state index contributed by atoms with van der Waals surface area (Å²) < 4.78 is 9.51. The Balaban J connectivity index is 0.000000150. The summed E-state index contributed by atoms with van der Waals surface area (Å²) in [4.78, 5) is 111. The number of nitrogens with two attached hydrogens (primary N) is 1. The van der Waals surface area contributed by atoms with E-state index in [1.165, 1.54) is 28.1 Å². The Kier molecular flexibility index (Phi) is 24.5. The Morgan fingerprint density at radius 1 is 0.297 bits per heavy atom. The predicted molar refractivity (Wildman–Crippen MR) is 444 cm³/mol. The lowest BCUT2D eigenvalue weighted by molar-refractivity contribution is 0.0586. The smallest absolute Gasteiger partial charge is 0.356 e. The second-order valence-electron chi connectivity index (χ2n) is 26.6. The van der Waals surface area contributed by atoms with Crippen molar-refractivity contribution in [3.63, 3.8) is 0 Å². The molecule has 0 saturated heterocycles. The number of anilines is 10. The molecule has 14 rings (SSSR count). The van der Waals surface area contributed by atoms with Crippen LogP contribution in [0.4, 0.5) is 71.3 Å². The summed E-state index contributed by atoms with van der Waals surface area (Å²) in [6.45, 7) is 18.8. The molecule has 0 bridgehead atoms. The van der Waals surface area contributed by atoms with Crippen LogP contribution in [-0.4, -0.2) is 75.8 Å². The molecule has 0 saturated carbocycles. The molecule has 0 fully saturated rings. The number of hydrogen-bond acceptors (Lipinski definition) is 14. The van der Waals surface area contributed by atoms with Gasteiger partial charge >= 0.3 is 30.0 Å². The third-order valence-electron chi connectivity index (χ3n) is 18.0. The minimum atomic E-state index is -0.565. The number of methoxy groups -OCH3 is 2. The number of fused-ring (bicyclic) bond motifs is 4. The van der Waals surface area contributed by atoms with Crippen LogP contribution in [0.15, 0.2) is 255 Å². The minimum Gasteiger partial charge on any atom is -0.464 e. The zero-order valence-corrected chi connectivity index (χ0v) is 63.6. The molecule has 20 nitrogen and oxygen atoms in total. The second kappa shape index (κ2) is 35.0. The quantitative estimate of drug-likeness (QED) is 0.0618. The number of ether oxygens (including phenoxy) is 2. The number of ketones is 2. The number of esters is 2. The van der Waals surface area contributed by atoms with Crippen molar-refractivity contribution in [3.05, 3.63) is 322 Å². The average molecular weight is 1470 g/mol. The normalized spacial score (nSPS) is 10.6. The molecule has 4 aromatic heterocycles. The van der Waals surface area contributed by atoms with Crippen LogP contribution in [0.1, 0.15) is 100 Å². The number of carbonyl (C=O) groups is 7.